The Balaban J connectivity index is 1.44. The fraction of sp³-hybridized carbons (Fsp3) is 0.333. The van der Waals surface area contributed by atoms with Crippen molar-refractivity contribution in [3.8, 4) is 0 Å². The molecule has 1 fully saturated rings. The van der Waals surface area contributed by atoms with Crippen molar-refractivity contribution in [2.45, 2.75) is 32.7 Å². The second-order valence-corrected chi connectivity index (χ2v) is 8.34. The summed E-state index contributed by atoms with van der Waals surface area (Å²) < 4.78 is 1.80. The lowest BCUT2D eigenvalue weighted by atomic mass is 10.1. The van der Waals surface area contributed by atoms with Gasteiger partial charge in [0.25, 0.3) is 11.5 Å². The number of H-pyrrole nitrogens is 1. The first-order valence-corrected chi connectivity index (χ1v) is 11.1. The Kier molecular flexibility index (Phi) is 5.13. The molecular formula is C24H26N6O2. The number of amides is 1. The SMILES string of the molecule is CCCc1nnc2c(=O)[nH]c3cc(C(=O)N4CCN(c5ccccc5)CC4C)ccc3n12. The lowest BCUT2D eigenvalue weighted by Gasteiger charge is -2.41. The number of rotatable bonds is 4. The zero-order chi connectivity index (χ0) is 22.2. The van der Waals surface area contributed by atoms with E-state index in [1.807, 2.05) is 35.2 Å². The van der Waals surface area contributed by atoms with Crippen molar-refractivity contribution in [1.82, 2.24) is 24.5 Å². The van der Waals surface area contributed by atoms with Crippen LogP contribution in [-0.4, -0.2) is 56.1 Å². The third-order valence-electron chi connectivity index (χ3n) is 6.15. The van der Waals surface area contributed by atoms with Crippen LogP contribution in [0.1, 0.15) is 36.5 Å². The van der Waals surface area contributed by atoms with E-state index in [4.69, 9.17) is 0 Å². The van der Waals surface area contributed by atoms with Crippen molar-refractivity contribution < 1.29 is 4.79 Å². The number of piperazine rings is 1. The van der Waals surface area contributed by atoms with E-state index >= 15 is 0 Å². The summed E-state index contributed by atoms with van der Waals surface area (Å²) >= 11 is 0. The van der Waals surface area contributed by atoms with E-state index in [0.29, 0.717) is 17.6 Å². The zero-order valence-corrected chi connectivity index (χ0v) is 18.3. The average molecular weight is 431 g/mol. The van der Waals surface area contributed by atoms with Crippen molar-refractivity contribution in [2.75, 3.05) is 24.5 Å². The minimum Gasteiger partial charge on any atom is -0.368 e. The van der Waals surface area contributed by atoms with Crippen LogP contribution in [0.25, 0.3) is 16.7 Å². The summed E-state index contributed by atoms with van der Waals surface area (Å²) in [5.74, 6) is 0.730. The predicted octanol–water partition coefficient (Wildman–Crippen LogP) is 2.87. The van der Waals surface area contributed by atoms with E-state index in [2.05, 4.69) is 46.1 Å². The first kappa shape index (κ1) is 20.2. The van der Waals surface area contributed by atoms with Crippen LogP contribution in [0.15, 0.2) is 53.3 Å². The van der Waals surface area contributed by atoms with Crippen LogP contribution in [0.5, 0.6) is 0 Å². The summed E-state index contributed by atoms with van der Waals surface area (Å²) in [6.07, 6.45) is 1.63. The van der Waals surface area contributed by atoms with E-state index in [0.717, 1.165) is 37.3 Å². The highest BCUT2D eigenvalue weighted by Crippen LogP contribution is 2.22. The van der Waals surface area contributed by atoms with Crippen molar-refractivity contribution in [2.24, 2.45) is 0 Å². The molecule has 1 amide bonds. The first-order valence-electron chi connectivity index (χ1n) is 11.1. The summed E-state index contributed by atoms with van der Waals surface area (Å²) in [5.41, 5.74) is 3.13. The molecule has 0 radical (unpaired) electrons. The Morgan fingerprint density at radius 3 is 2.69 bits per heavy atom. The van der Waals surface area contributed by atoms with E-state index < -0.39 is 0 Å². The van der Waals surface area contributed by atoms with Gasteiger partial charge in [0, 0.05) is 43.3 Å². The Labute approximate surface area is 185 Å². The normalized spacial score (nSPS) is 16.8. The summed E-state index contributed by atoms with van der Waals surface area (Å²) in [6, 6.07) is 15.8. The Bertz CT molecular complexity index is 1340. The molecule has 2 aromatic heterocycles. The molecule has 1 unspecified atom stereocenters. The minimum absolute atomic E-state index is 0.0226. The van der Waals surface area contributed by atoms with Gasteiger partial charge in [0.2, 0.25) is 5.65 Å². The zero-order valence-electron chi connectivity index (χ0n) is 18.3. The van der Waals surface area contributed by atoms with Crippen molar-refractivity contribution in [3.05, 3.63) is 70.3 Å². The molecule has 0 bridgehead atoms. The quantitative estimate of drug-likeness (QED) is 0.538. The molecule has 32 heavy (non-hydrogen) atoms. The molecule has 1 atom stereocenters. The molecule has 0 spiro atoms. The van der Waals surface area contributed by atoms with Gasteiger partial charge in [-0.05, 0) is 43.7 Å². The molecule has 2 aromatic carbocycles. The molecule has 8 heteroatoms. The van der Waals surface area contributed by atoms with Crippen LogP contribution in [0.2, 0.25) is 0 Å². The number of nitrogens with one attached hydrogen (secondary N) is 1. The molecule has 8 nitrogen and oxygen atoms in total. The van der Waals surface area contributed by atoms with Crippen molar-refractivity contribution in [1.29, 1.82) is 0 Å². The topological polar surface area (TPSA) is 86.6 Å². The van der Waals surface area contributed by atoms with Gasteiger partial charge in [0.05, 0.1) is 11.0 Å². The summed E-state index contributed by atoms with van der Waals surface area (Å²) in [5, 5.41) is 8.23. The van der Waals surface area contributed by atoms with Gasteiger partial charge in [0.15, 0.2) is 0 Å². The highest BCUT2D eigenvalue weighted by Gasteiger charge is 2.28. The number of anilines is 1. The average Bonchev–Trinajstić information content (AvgIpc) is 3.24. The van der Waals surface area contributed by atoms with E-state index in [-0.39, 0.29) is 23.2 Å². The summed E-state index contributed by atoms with van der Waals surface area (Å²) in [6.45, 7) is 6.35. The maximum atomic E-state index is 13.3. The fourth-order valence-corrected chi connectivity index (χ4v) is 4.54. The Hall–Kier alpha value is -3.68. The summed E-state index contributed by atoms with van der Waals surface area (Å²) in [7, 11) is 0. The van der Waals surface area contributed by atoms with Gasteiger partial charge in [-0.15, -0.1) is 10.2 Å². The number of hydrogen-bond donors (Lipinski definition) is 1. The molecule has 0 saturated carbocycles. The van der Waals surface area contributed by atoms with Gasteiger partial charge >= 0.3 is 0 Å². The lowest BCUT2D eigenvalue weighted by Crippen LogP contribution is -2.54. The number of aromatic amines is 1. The molecule has 1 N–H and O–H groups in total. The van der Waals surface area contributed by atoms with Gasteiger partial charge < -0.3 is 14.8 Å². The Morgan fingerprint density at radius 1 is 1.12 bits per heavy atom. The first-order chi connectivity index (χ1) is 15.6. The fourth-order valence-electron chi connectivity index (χ4n) is 4.54. The maximum absolute atomic E-state index is 13.3. The molecule has 3 heterocycles. The number of aryl methyl sites for hydroxylation is 1. The van der Waals surface area contributed by atoms with Gasteiger partial charge in [0.1, 0.15) is 5.82 Å². The number of aromatic nitrogens is 4. The second kappa shape index (κ2) is 8.11. The third-order valence-corrected chi connectivity index (χ3v) is 6.15. The number of nitrogens with zero attached hydrogens (tertiary/aromatic N) is 5. The Morgan fingerprint density at radius 2 is 1.94 bits per heavy atom. The molecule has 164 valence electrons. The number of para-hydroxylation sites is 1. The molecule has 1 aliphatic rings. The lowest BCUT2D eigenvalue weighted by molar-refractivity contribution is 0.0674. The van der Waals surface area contributed by atoms with Crippen molar-refractivity contribution >= 4 is 28.3 Å². The van der Waals surface area contributed by atoms with Crippen molar-refractivity contribution in [3.63, 3.8) is 0 Å². The smallest absolute Gasteiger partial charge is 0.294 e. The number of carbonyl (C=O) groups is 1. The number of benzene rings is 2. The van der Waals surface area contributed by atoms with Crippen LogP contribution in [0.4, 0.5) is 5.69 Å². The van der Waals surface area contributed by atoms with Gasteiger partial charge in [-0.2, -0.15) is 0 Å². The van der Waals surface area contributed by atoms with Crippen LogP contribution >= 0.6 is 0 Å². The molecule has 1 saturated heterocycles. The van der Waals surface area contributed by atoms with Crippen LogP contribution in [-0.2, 0) is 6.42 Å². The predicted molar refractivity (Wildman–Crippen MR) is 124 cm³/mol. The number of hydrogen-bond acceptors (Lipinski definition) is 5. The third kappa shape index (κ3) is 3.41. The second-order valence-electron chi connectivity index (χ2n) is 8.34. The van der Waals surface area contributed by atoms with Gasteiger partial charge in [-0.25, -0.2) is 0 Å². The van der Waals surface area contributed by atoms with E-state index in [9.17, 15) is 9.59 Å². The molecular weight excluding hydrogens is 404 g/mol. The van der Waals surface area contributed by atoms with Crippen LogP contribution < -0.4 is 10.5 Å². The summed E-state index contributed by atoms with van der Waals surface area (Å²) in [4.78, 5) is 33.0. The molecule has 1 aliphatic heterocycles. The highest BCUT2D eigenvalue weighted by molar-refractivity contribution is 5.98. The standard InChI is InChI=1S/C24H26N6O2/c1-3-7-21-26-27-22-23(31)25-19-14-17(10-11-20(19)30(21)22)24(32)29-13-12-28(15-16(29)2)18-8-5-4-6-9-18/h4-6,8-11,14,16H,3,7,12-13,15H2,1-2H3,(H,25,31). The molecule has 0 aliphatic carbocycles. The van der Waals surface area contributed by atoms with Crippen LogP contribution in [0.3, 0.4) is 0 Å². The molecule has 5 rings (SSSR count). The van der Waals surface area contributed by atoms with E-state index in [1.54, 1.807) is 10.5 Å². The maximum Gasteiger partial charge on any atom is 0.294 e. The van der Waals surface area contributed by atoms with Gasteiger partial charge in [-0.3, -0.25) is 14.0 Å². The number of fused-ring (bicyclic) bond motifs is 3. The monoisotopic (exact) mass is 430 g/mol. The number of carbonyl (C=O) groups excluding carboxylic acids is 1. The molecule has 4 aromatic rings. The van der Waals surface area contributed by atoms with Gasteiger partial charge in [-0.1, -0.05) is 25.1 Å². The van der Waals surface area contributed by atoms with Crippen LogP contribution in [0, 0.1) is 0 Å². The van der Waals surface area contributed by atoms with E-state index in [1.165, 1.54) is 5.69 Å². The highest BCUT2D eigenvalue weighted by atomic mass is 16.2. The minimum atomic E-state index is -0.304. The largest absolute Gasteiger partial charge is 0.368 e.